The van der Waals surface area contributed by atoms with Crippen LogP contribution in [-0.2, 0) is 0 Å². The molecule has 0 aliphatic rings. The number of amides is 1. The van der Waals surface area contributed by atoms with Crippen LogP contribution in [0.2, 0.25) is 0 Å². The van der Waals surface area contributed by atoms with Crippen molar-refractivity contribution < 1.29 is 14.6 Å². The minimum absolute atomic E-state index is 0.100. The van der Waals surface area contributed by atoms with E-state index < -0.39 is 0 Å². The van der Waals surface area contributed by atoms with Crippen molar-refractivity contribution in [3.63, 3.8) is 0 Å². The first-order chi connectivity index (χ1) is 11.2. The number of hydrazone groups is 1. The number of phenols is 1. The molecule has 3 rings (SSSR count). The molecule has 0 radical (unpaired) electrons. The third-order valence-corrected chi connectivity index (χ3v) is 3.38. The van der Waals surface area contributed by atoms with Gasteiger partial charge in [0.2, 0.25) is 0 Å². The molecule has 3 aromatic rings. The van der Waals surface area contributed by atoms with Gasteiger partial charge in [-0.3, -0.25) is 4.79 Å². The number of hydrogen-bond acceptors (Lipinski definition) is 4. The molecule has 1 heterocycles. The molecule has 0 unspecified atom stereocenters. The number of hydrogen-bond donors (Lipinski definition) is 3. The predicted molar refractivity (Wildman–Crippen MR) is 88.0 cm³/mol. The monoisotopic (exact) mass is 309 g/mol. The van der Waals surface area contributed by atoms with Crippen molar-refractivity contribution in [1.29, 1.82) is 0 Å². The number of para-hydroxylation sites is 1. The molecule has 6 nitrogen and oxygen atoms in total. The third-order valence-electron chi connectivity index (χ3n) is 3.38. The molecule has 2 aromatic carbocycles. The fourth-order valence-electron chi connectivity index (χ4n) is 2.18. The average Bonchev–Trinajstić information content (AvgIpc) is 2.99. The molecule has 0 spiro atoms. The maximum Gasteiger partial charge on any atom is 0.287 e. The number of ether oxygens (including phenoxy) is 1. The van der Waals surface area contributed by atoms with E-state index in [0.717, 1.165) is 16.7 Å². The van der Waals surface area contributed by atoms with E-state index in [-0.39, 0.29) is 11.7 Å². The molecule has 0 atom stereocenters. The van der Waals surface area contributed by atoms with Crippen molar-refractivity contribution >= 4 is 23.0 Å². The van der Waals surface area contributed by atoms with Gasteiger partial charge in [0.05, 0.1) is 13.3 Å². The molecule has 116 valence electrons. The van der Waals surface area contributed by atoms with Gasteiger partial charge >= 0.3 is 0 Å². The molecular weight excluding hydrogens is 294 g/mol. The van der Waals surface area contributed by atoms with Gasteiger partial charge in [0.25, 0.3) is 5.91 Å². The number of aromatic amines is 1. The van der Waals surface area contributed by atoms with Crippen molar-refractivity contribution in [2.75, 3.05) is 7.11 Å². The average molecular weight is 309 g/mol. The van der Waals surface area contributed by atoms with Crippen LogP contribution >= 0.6 is 0 Å². The number of aromatic nitrogens is 1. The molecule has 0 aliphatic carbocycles. The van der Waals surface area contributed by atoms with E-state index in [0.29, 0.717) is 11.3 Å². The number of carbonyl (C=O) groups excluding carboxylic acids is 1. The lowest BCUT2D eigenvalue weighted by Gasteiger charge is -1.98. The fourth-order valence-corrected chi connectivity index (χ4v) is 2.18. The molecule has 0 fully saturated rings. The summed E-state index contributed by atoms with van der Waals surface area (Å²) in [5.41, 5.74) is 4.17. The van der Waals surface area contributed by atoms with Crippen LogP contribution in [0.25, 0.3) is 10.9 Å². The summed E-state index contributed by atoms with van der Waals surface area (Å²) in [4.78, 5) is 15.1. The molecule has 3 N–H and O–H groups in total. The molecule has 0 aliphatic heterocycles. The first-order valence-electron chi connectivity index (χ1n) is 6.95. The summed E-state index contributed by atoms with van der Waals surface area (Å²) in [6, 6.07) is 14.0. The highest BCUT2D eigenvalue weighted by Gasteiger charge is 2.09. The first-order valence-corrected chi connectivity index (χ1v) is 6.95. The Morgan fingerprint density at radius 3 is 2.87 bits per heavy atom. The largest absolute Gasteiger partial charge is 0.507 e. The number of aromatic hydroxyl groups is 1. The highest BCUT2D eigenvalue weighted by molar-refractivity contribution is 5.98. The summed E-state index contributed by atoms with van der Waals surface area (Å²) in [5, 5.41) is 14.3. The van der Waals surface area contributed by atoms with Crippen LogP contribution in [0.5, 0.6) is 11.5 Å². The Morgan fingerprint density at radius 1 is 1.26 bits per heavy atom. The summed E-state index contributed by atoms with van der Waals surface area (Å²) in [5.74, 6) is 0.455. The molecule has 0 bridgehead atoms. The first kappa shape index (κ1) is 14.6. The van der Waals surface area contributed by atoms with Gasteiger partial charge < -0.3 is 14.8 Å². The lowest BCUT2D eigenvalue weighted by molar-refractivity contribution is 0.0951. The van der Waals surface area contributed by atoms with Gasteiger partial charge in [-0.25, -0.2) is 5.43 Å². The van der Waals surface area contributed by atoms with Crippen molar-refractivity contribution in [1.82, 2.24) is 10.4 Å². The number of methoxy groups -OCH3 is 1. The van der Waals surface area contributed by atoms with Crippen molar-refractivity contribution in [2.45, 2.75) is 0 Å². The molecular formula is C17H15N3O3. The van der Waals surface area contributed by atoms with Crippen LogP contribution in [0.3, 0.4) is 0 Å². The molecule has 1 aromatic heterocycles. The summed E-state index contributed by atoms with van der Waals surface area (Å²) >= 11 is 0. The smallest absolute Gasteiger partial charge is 0.287 e. The number of H-pyrrole nitrogens is 1. The molecule has 0 saturated carbocycles. The maximum absolute atomic E-state index is 12.1. The van der Waals surface area contributed by atoms with E-state index in [2.05, 4.69) is 15.5 Å². The third kappa shape index (κ3) is 3.16. The Morgan fingerprint density at radius 2 is 2.09 bits per heavy atom. The molecule has 6 heteroatoms. The number of carbonyl (C=O) groups is 1. The standard InChI is InChI=1S/C17H15N3O3/c1-23-13-6-7-14-12(8-13)9-15(19-14)17(22)20-18-10-11-4-2-3-5-16(11)21/h2-10,19,21H,1H3,(H,20,22)/b18-10+. The Labute approximate surface area is 132 Å². The quantitative estimate of drug-likeness (QED) is 0.511. The van der Waals surface area contributed by atoms with E-state index in [1.807, 2.05) is 18.2 Å². The van der Waals surface area contributed by atoms with Crippen molar-refractivity contribution in [3.8, 4) is 11.5 Å². The highest BCUT2D eigenvalue weighted by Crippen LogP contribution is 2.21. The number of phenolic OH excluding ortho intramolecular Hbond substituents is 1. The molecule has 23 heavy (non-hydrogen) atoms. The highest BCUT2D eigenvalue weighted by atomic mass is 16.5. The summed E-state index contributed by atoms with van der Waals surface area (Å²) in [6.45, 7) is 0. The molecule has 0 saturated heterocycles. The van der Waals surface area contributed by atoms with Gasteiger partial charge in [0.15, 0.2) is 0 Å². The van der Waals surface area contributed by atoms with E-state index in [1.54, 1.807) is 37.4 Å². The summed E-state index contributed by atoms with van der Waals surface area (Å²) < 4.78 is 5.16. The minimum atomic E-state index is -0.369. The van der Waals surface area contributed by atoms with Crippen molar-refractivity contribution in [2.24, 2.45) is 5.10 Å². The zero-order valence-electron chi connectivity index (χ0n) is 12.4. The second-order valence-corrected chi connectivity index (χ2v) is 4.89. The van der Waals surface area contributed by atoms with Gasteiger partial charge in [0, 0.05) is 16.5 Å². The second-order valence-electron chi connectivity index (χ2n) is 4.89. The van der Waals surface area contributed by atoms with Crippen LogP contribution in [0.15, 0.2) is 53.6 Å². The lowest BCUT2D eigenvalue weighted by Crippen LogP contribution is -2.17. The maximum atomic E-state index is 12.1. The van der Waals surface area contributed by atoms with E-state index in [4.69, 9.17) is 4.74 Å². The van der Waals surface area contributed by atoms with Crippen LogP contribution in [0.1, 0.15) is 16.1 Å². The topological polar surface area (TPSA) is 86.7 Å². The second kappa shape index (κ2) is 6.23. The van der Waals surface area contributed by atoms with Crippen LogP contribution in [0.4, 0.5) is 0 Å². The Kier molecular flexibility index (Phi) is 3.97. The predicted octanol–water partition coefficient (Wildman–Crippen LogP) is 2.65. The summed E-state index contributed by atoms with van der Waals surface area (Å²) in [6.07, 6.45) is 1.39. The van der Waals surface area contributed by atoms with E-state index in [9.17, 15) is 9.90 Å². The van der Waals surface area contributed by atoms with E-state index in [1.165, 1.54) is 6.21 Å². The number of fused-ring (bicyclic) bond motifs is 1. The fraction of sp³-hybridized carbons (Fsp3) is 0.0588. The lowest BCUT2D eigenvalue weighted by atomic mass is 10.2. The number of nitrogens with zero attached hydrogens (tertiary/aromatic N) is 1. The van der Waals surface area contributed by atoms with Gasteiger partial charge in [-0.05, 0) is 36.4 Å². The zero-order valence-corrected chi connectivity index (χ0v) is 12.4. The Bertz CT molecular complexity index is 884. The van der Waals surface area contributed by atoms with Gasteiger partial charge in [-0.15, -0.1) is 0 Å². The van der Waals surface area contributed by atoms with Gasteiger partial charge in [0.1, 0.15) is 17.2 Å². The van der Waals surface area contributed by atoms with Crippen molar-refractivity contribution in [3.05, 3.63) is 59.8 Å². The SMILES string of the molecule is COc1ccc2[nH]c(C(=O)N/N=C/c3ccccc3O)cc2c1. The van der Waals surface area contributed by atoms with Gasteiger partial charge in [-0.1, -0.05) is 12.1 Å². The van der Waals surface area contributed by atoms with Gasteiger partial charge in [-0.2, -0.15) is 5.10 Å². The minimum Gasteiger partial charge on any atom is -0.507 e. The Hall–Kier alpha value is -3.28. The summed E-state index contributed by atoms with van der Waals surface area (Å²) in [7, 11) is 1.59. The van der Waals surface area contributed by atoms with E-state index >= 15 is 0 Å². The number of rotatable bonds is 4. The van der Waals surface area contributed by atoms with Crippen LogP contribution < -0.4 is 10.2 Å². The number of nitrogens with one attached hydrogen (secondary N) is 2. The number of benzene rings is 2. The normalized spacial score (nSPS) is 11.0. The van der Waals surface area contributed by atoms with Crippen LogP contribution in [0, 0.1) is 0 Å². The molecule has 1 amide bonds. The zero-order chi connectivity index (χ0) is 16.2. The Balaban J connectivity index is 1.74. The van der Waals surface area contributed by atoms with Crippen LogP contribution in [-0.4, -0.2) is 29.3 Å².